The van der Waals surface area contributed by atoms with E-state index in [1.54, 1.807) is 0 Å². The second-order valence-corrected chi connectivity index (χ2v) is 4.61. The number of halogens is 1. The van der Waals surface area contributed by atoms with Gasteiger partial charge in [0.25, 0.3) is 0 Å². The molecule has 0 aliphatic carbocycles. The molecule has 0 saturated heterocycles. The molecule has 0 saturated carbocycles. The standard InChI is InChI=1S/C11H13O2.HI.Zn/c1-3-9-6-4-5-7-10(9)8-11(12)13-2;;/h4-7H,1,3,8H2,2H3;1H;. The molecular formula is C11H14IO2Zn. The molecule has 0 aliphatic heterocycles. The molecule has 0 atom stereocenters. The van der Waals surface area contributed by atoms with Crippen molar-refractivity contribution in [3.63, 3.8) is 0 Å². The number of benzene rings is 1. The monoisotopic (exact) mass is 369 g/mol. The molecule has 1 aromatic rings. The van der Waals surface area contributed by atoms with Crippen molar-refractivity contribution < 1.29 is 27.8 Å². The molecule has 1 aromatic carbocycles. The number of methoxy groups -OCH3 is 1. The van der Waals surface area contributed by atoms with E-state index in [4.69, 9.17) is 0 Å². The molecule has 0 amide bonds. The second kappa shape index (κ2) is 8.23. The molecule has 2 nitrogen and oxygen atoms in total. The number of rotatable bonds is 4. The fourth-order valence-electron chi connectivity index (χ4n) is 1.39. The van der Waals surface area contributed by atoms with E-state index in [1.807, 2.05) is 18.2 Å². The Morgan fingerprint density at radius 2 is 1.93 bits per heavy atom. The van der Waals surface area contributed by atoms with Crippen LogP contribution < -0.4 is 0 Å². The van der Waals surface area contributed by atoms with E-state index in [1.165, 1.54) is 36.0 Å². The maximum Gasteiger partial charge on any atom is -0.107 e. The van der Waals surface area contributed by atoms with E-state index >= 15 is 0 Å². The number of hydrogen-bond acceptors (Lipinski definition) is 2. The average Bonchev–Trinajstić information content (AvgIpc) is 2.21. The Kier molecular flexibility index (Phi) is 8.25. The van der Waals surface area contributed by atoms with Crippen LogP contribution in [0.3, 0.4) is 0 Å². The number of carbonyl (C=O) groups is 1. The minimum Gasteiger partial charge on any atom is -0.107 e. The van der Waals surface area contributed by atoms with Crippen LogP contribution in [-0.2, 0) is 40.7 Å². The van der Waals surface area contributed by atoms with Crippen molar-refractivity contribution >= 4 is 29.9 Å². The van der Waals surface area contributed by atoms with Crippen LogP contribution in [0.15, 0.2) is 24.3 Å². The van der Waals surface area contributed by atoms with Gasteiger partial charge in [-0.1, -0.05) is 0 Å². The Morgan fingerprint density at radius 1 is 1.33 bits per heavy atom. The molecule has 0 fully saturated rings. The van der Waals surface area contributed by atoms with Gasteiger partial charge in [0.15, 0.2) is 0 Å². The Bertz CT molecular complexity index is 315. The fourth-order valence-corrected chi connectivity index (χ4v) is 2.19. The summed E-state index contributed by atoms with van der Waals surface area (Å²) in [6.07, 6.45) is 1.47. The molecule has 0 bridgehead atoms. The normalized spacial score (nSPS) is 9.27. The summed E-state index contributed by atoms with van der Waals surface area (Å²) < 4.78 is 4.66. The van der Waals surface area contributed by atoms with Gasteiger partial charge in [-0.3, -0.25) is 0 Å². The number of esters is 1. The third-order valence-corrected chi connectivity index (χ3v) is 2.87. The maximum absolute atomic E-state index is 11.1. The molecule has 0 aliphatic rings. The maximum atomic E-state index is 11.1. The number of ether oxygens (including phenoxy) is 1. The van der Waals surface area contributed by atoms with Crippen molar-refractivity contribution in [3.8, 4) is 0 Å². The first-order valence-corrected chi connectivity index (χ1v) is 6.80. The van der Waals surface area contributed by atoms with E-state index in [2.05, 4.69) is 10.8 Å². The zero-order valence-electron chi connectivity index (χ0n) is 8.86. The van der Waals surface area contributed by atoms with Gasteiger partial charge < -0.3 is 0 Å². The predicted molar refractivity (Wildman–Crippen MR) is 66.1 cm³/mol. The quantitative estimate of drug-likeness (QED) is 0.463. The Morgan fingerprint density at radius 3 is 2.47 bits per heavy atom. The molecule has 0 aromatic heterocycles. The van der Waals surface area contributed by atoms with Crippen LogP contribution in [0.2, 0.25) is 5.02 Å². The van der Waals surface area contributed by atoms with Crippen molar-refractivity contribution in [2.45, 2.75) is 17.9 Å². The van der Waals surface area contributed by atoms with Crippen molar-refractivity contribution in [2.24, 2.45) is 0 Å². The molecule has 79 valence electrons. The Labute approximate surface area is 117 Å². The van der Waals surface area contributed by atoms with E-state index in [0.29, 0.717) is 6.42 Å². The van der Waals surface area contributed by atoms with Crippen LogP contribution in [0.25, 0.3) is 0 Å². The van der Waals surface area contributed by atoms with Crippen LogP contribution in [-0.4, -0.2) is 13.1 Å². The van der Waals surface area contributed by atoms with Crippen molar-refractivity contribution in [1.29, 1.82) is 0 Å². The summed E-state index contributed by atoms with van der Waals surface area (Å²) >= 11 is 1.30. The second-order valence-electron chi connectivity index (χ2n) is 3.13. The van der Waals surface area contributed by atoms with Gasteiger partial charge in [0.2, 0.25) is 0 Å². The SMILES string of the molecule is COC(=O)Cc1ccccc1C[CH2][Zn].I. The fraction of sp³-hybridized carbons (Fsp3) is 0.364. The third-order valence-electron chi connectivity index (χ3n) is 2.13. The van der Waals surface area contributed by atoms with Crippen molar-refractivity contribution in [3.05, 3.63) is 35.4 Å². The molecule has 0 unspecified atom stereocenters. The van der Waals surface area contributed by atoms with Crippen molar-refractivity contribution in [1.82, 2.24) is 0 Å². The largest absolute Gasteiger partial charge is 0.107 e. The summed E-state index contributed by atoms with van der Waals surface area (Å²) in [4.78, 5) is 11.1. The van der Waals surface area contributed by atoms with Gasteiger partial charge in [-0.25, -0.2) is 0 Å². The van der Waals surface area contributed by atoms with Crippen LogP contribution in [0, 0.1) is 0 Å². The molecule has 1 rings (SSSR count). The van der Waals surface area contributed by atoms with Crippen LogP contribution >= 0.6 is 24.0 Å². The third kappa shape index (κ3) is 5.07. The van der Waals surface area contributed by atoms with Gasteiger partial charge in [-0.05, 0) is 0 Å². The number of hydrogen-bond donors (Lipinski definition) is 0. The van der Waals surface area contributed by atoms with Gasteiger partial charge >= 0.3 is 94.2 Å². The van der Waals surface area contributed by atoms with Crippen molar-refractivity contribution in [2.75, 3.05) is 7.11 Å². The Hall–Kier alpha value is 0.0434. The molecule has 4 heteroatoms. The minimum atomic E-state index is -0.162. The number of aryl methyl sites for hydroxylation is 1. The smallest absolute Gasteiger partial charge is 0.107 e. The summed E-state index contributed by atoms with van der Waals surface area (Å²) in [5.41, 5.74) is 2.39. The van der Waals surface area contributed by atoms with Gasteiger partial charge in [0, 0.05) is 0 Å². The van der Waals surface area contributed by atoms with Crippen LogP contribution in [0.4, 0.5) is 0 Å². The summed E-state index contributed by atoms with van der Waals surface area (Å²) in [5, 5.41) is 1.22. The van der Waals surface area contributed by atoms with Gasteiger partial charge in [-0.2, -0.15) is 0 Å². The summed E-state index contributed by atoms with van der Waals surface area (Å²) in [7, 11) is 1.43. The molecule has 0 spiro atoms. The van der Waals surface area contributed by atoms with E-state index in [0.717, 1.165) is 12.0 Å². The molecule has 0 radical (unpaired) electrons. The van der Waals surface area contributed by atoms with Gasteiger partial charge in [0.05, 0.1) is 0 Å². The summed E-state index contributed by atoms with van der Waals surface area (Å²) in [6, 6.07) is 8.08. The molecule has 15 heavy (non-hydrogen) atoms. The molecule has 0 heterocycles. The zero-order chi connectivity index (χ0) is 10.4. The predicted octanol–water partition coefficient (Wildman–Crippen LogP) is 2.53. The zero-order valence-corrected chi connectivity index (χ0v) is 14.2. The van der Waals surface area contributed by atoms with Crippen LogP contribution in [0.5, 0.6) is 0 Å². The number of carbonyl (C=O) groups excluding carboxylic acids is 1. The first-order chi connectivity index (χ1) is 6.77. The summed E-state index contributed by atoms with van der Waals surface area (Å²) in [6.45, 7) is 0. The first-order valence-electron chi connectivity index (χ1n) is 4.70. The Balaban J connectivity index is 0.00000196. The van der Waals surface area contributed by atoms with E-state index in [-0.39, 0.29) is 29.9 Å². The van der Waals surface area contributed by atoms with Crippen LogP contribution in [0.1, 0.15) is 11.1 Å². The minimum absolute atomic E-state index is 0. The van der Waals surface area contributed by atoms with Gasteiger partial charge in [0.1, 0.15) is 0 Å². The summed E-state index contributed by atoms with van der Waals surface area (Å²) in [5.74, 6) is -0.162. The molecular weight excluding hydrogens is 356 g/mol. The van der Waals surface area contributed by atoms with Gasteiger partial charge in [-0.15, -0.1) is 24.0 Å². The average molecular weight is 371 g/mol. The molecule has 0 N–H and O–H groups in total. The first kappa shape index (κ1) is 15.0. The topological polar surface area (TPSA) is 26.3 Å². The van der Waals surface area contributed by atoms with E-state index in [9.17, 15) is 4.79 Å². The van der Waals surface area contributed by atoms with E-state index < -0.39 is 0 Å².